The van der Waals surface area contributed by atoms with Crippen LogP contribution in [0.5, 0.6) is 5.75 Å². The molecule has 1 amide bonds. The average Bonchev–Trinajstić information content (AvgIpc) is 3.11. The second-order valence-corrected chi connectivity index (χ2v) is 6.24. The molecular weight excluding hydrogens is 310 g/mol. The summed E-state index contributed by atoms with van der Waals surface area (Å²) in [6, 6.07) is 7.91. The Hall–Kier alpha value is -2.34. The number of amides is 1. The van der Waals surface area contributed by atoms with Crippen LogP contribution in [0.4, 0.5) is 0 Å². The molecule has 0 saturated carbocycles. The summed E-state index contributed by atoms with van der Waals surface area (Å²) in [5.74, 6) is 0.873. The van der Waals surface area contributed by atoms with Gasteiger partial charge in [0.05, 0.1) is 18.8 Å². The summed E-state index contributed by atoms with van der Waals surface area (Å²) in [7, 11) is 0. The number of hydrogen-bond acceptors (Lipinski definition) is 4. The number of nitrogens with one attached hydrogen (secondary N) is 1. The number of aryl methyl sites for hydroxylation is 1. The summed E-state index contributed by atoms with van der Waals surface area (Å²) < 4.78 is 7.60. The maximum atomic E-state index is 11.8. The van der Waals surface area contributed by atoms with Gasteiger partial charge in [0.15, 0.2) is 4.96 Å². The van der Waals surface area contributed by atoms with E-state index >= 15 is 0 Å². The van der Waals surface area contributed by atoms with Crippen LogP contribution in [0.1, 0.15) is 24.1 Å². The zero-order chi connectivity index (χ0) is 16.1. The van der Waals surface area contributed by atoms with Crippen molar-refractivity contribution < 1.29 is 9.53 Å². The lowest BCUT2D eigenvalue weighted by Crippen LogP contribution is -2.23. The largest absolute Gasteiger partial charge is 0.494 e. The Labute approximate surface area is 138 Å². The van der Waals surface area contributed by atoms with Crippen LogP contribution >= 0.6 is 11.3 Å². The molecule has 23 heavy (non-hydrogen) atoms. The first kappa shape index (κ1) is 15.6. The number of rotatable bonds is 7. The molecule has 2 aromatic heterocycles. The van der Waals surface area contributed by atoms with Gasteiger partial charge in [-0.25, -0.2) is 4.98 Å². The van der Waals surface area contributed by atoms with Gasteiger partial charge in [0, 0.05) is 24.2 Å². The van der Waals surface area contributed by atoms with Crippen molar-refractivity contribution in [3.05, 3.63) is 53.3 Å². The lowest BCUT2D eigenvalue weighted by Gasteiger charge is -2.07. The Kier molecular flexibility index (Phi) is 4.92. The molecular formula is C17H19N3O2S. The van der Waals surface area contributed by atoms with Gasteiger partial charge in [0.1, 0.15) is 5.75 Å². The van der Waals surface area contributed by atoms with Crippen molar-refractivity contribution in [1.29, 1.82) is 0 Å². The first-order chi connectivity index (χ1) is 11.2. The molecule has 0 aliphatic heterocycles. The van der Waals surface area contributed by atoms with E-state index in [2.05, 4.69) is 10.3 Å². The topological polar surface area (TPSA) is 55.6 Å². The number of carbonyl (C=O) groups excluding carboxylic acids is 1. The van der Waals surface area contributed by atoms with Crippen LogP contribution in [-0.4, -0.2) is 21.9 Å². The number of hydrogen-bond donors (Lipinski definition) is 1. The highest BCUT2D eigenvalue weighted by Gasteiger charge is 2.05. The third-order valence-electron chi connectivity index (χ3n) is 3.42. The number of imidazole rings is 1. The van der Waals surface area contributed by atoms with Crippen molar-refractivity contribution in [1.82, 2.24) is 14.7 Å². The number of ether oxygens (including phenoxy) is 1. The van der Waals surface area contributed by atoms with Crippen LogP contribution in [0.3, 0.4) is 0 Å². The monoisotopic (exact) mass is 329 g/mol. The van der Waals surface area contributed by atoms with E-state index in [0.29, 0.717) is 26.0 Å². The van der Waals surface area contributed by atoms with Crippen molar-refractivity contribution in [3.63, 3.8) is 0 Å². The molecule has 5 nitrogen and oxygen atoms in total. The van der Waals surface area contributed by atoms with Gasteiger partial charge in [-0.1, -0.05) is 12.1 Å². The second kappa shape index (κ2) is 7.28. The number of benzene rings is 1. The molecule has 1 aromatic carbocycles. The molecule has 120 valence electrons. The molecule has 0 saturated heterocycles. The summed E-state index contributed by atoms with van der Waals surface area (Å²) in [6.45, 7) is 3.03. The van der Waals surface area contributed by atoms with E-state index < -0.39 is 0 Å². The molecule has 0 atom stereocenters. The van der Waals surface area contributed by atoms with Crippen LogP contribution in [0, 0.1) is 6.92 Å². The minimum Gasteiger partial charge on any atom is -0.494 e. The minimum atomic E-state index is 0.0224. The van der Waals surface area contributed by atoms with Gasteiger partial charge in [0.25, 0.3) is 0 Å². The molecule has 3 rings (SSSR count). The lowest BCUT2D eigenvalue weighted by molar-refractivity contribution is -0.121. The molecule has 0 spiro atoms. The van der Waals surface area contributed by atoms with Gasteiger partial charge in [0.2, 0.25) is 5.91 Å². The number of thiazole rings is 1. The van der Waals surface area contributed by atoms with Gasteiger partial charge in [-0.3, -0.25) is 9.20 Å². The third-order valence-corrected chi connectivity index (χ3v) is 4.19. The highest BCUT2D eigenvalue weighted by Crippen LogP contribution is 2.13. The Morgan fingerprint density at radius 1 is 1.43 bits per heavy atom. The quantitative estimate of drug-likeness (QED) is 0.677. The van der Waals surface area contributed by atoms with Crippen molar-refractivity contribution >= 4 is 22.2 Å². The third kappa shape index (κ3) is 4.32. The van der Waals surface area contributed by atoms with Crippen LogP contribution in [0.25, 0.3) is 4.96 Å². The van der Waals surface area contributed by atoms with Gasteiger partial charge >= 0.3 is 0 Å². The summed E-state index contributed by atoms with van der Waals surface area (Å²) in [4.78, 5) is 17.2. The Morgan fingerprint density at radius 3 is 3.17 bits per heavy atom. The highest BCUT2D eigenvalue weighted by atomic mass is 32.1. The highest BCUT2D eigenvalue weighted by molar-refractivity contribution is 7.15. The fraction of sp³-hybridized carbons (Fsp3) is 0.294. The number of carbonyl (C=O) groups is 1. The molecule has 0 bridgehead atoms. The molecule has 0 aliphatic carbocycles. The van der Waals surface area contributed by atoms with Crippen LogP contribution in [0.15, 0.2) is 42.0 Å². The van der Waals surface area contributed by atoms with Gasteiger partial charge < -0.3 is 10.1 Å². The van der Waals surface area contributed by atoms with Crippen molar-refractivity contribution in [2.45, 2.75) is 26.3 Å². The van der Waals surface area contributed by atoms with E-state index in [1.54, 1.807) is 11.3 Å². The predicted octanol–water partition coefficient (Wildman–Crippen LogP) is 3.18. The van der Waals surface area contributed by atoms with E-state index in [-0.39, 0.29) is 5.91 Å². The smallest absolute Gasteiger partial charge is 0.220 e. The van der Waals surface area contributed by atoms with Crippen LogP contribution in [-0.2, 0) is 11.3 Å². The Balaban J connectivity index is 1.35. The van der Waals surface area contributed by atoms with E-state index in [4.69, 9.17) is 4.74 Å². The second-order valence-electron chi connectivity index (χ2n) is 5.37. The standard InChI is InChI=1S/C17H19N3O2S/c1-13-4-2-5-15(10-13)22-8-3-6-16(21)18-11-14-12-20-7-9-23-17(20)19-14/h2,4-5,7,9-10,12H,3,6,8,11H2,1H3,(H,18,21). The zero-order valence-electron chi connectivity index (χ0n) is 13.0. The van der Waals surface area contributed by atoms with E-state index in [9.17, 15) is 4.79 Å². The molecule has 1 N–H and O–H groups in total. The molecule has 3 aromatic rings. The Morgan fingerprint density at radius 2 is 2.35 bits per heavy atom. The van der Waals surface area contributed by atoms with Crippen LogP contribution in [0.2, 0.25) is 0 Å². The number of fused-ring (bicyclic) bond motifs is 1. The van der Waals surface area contributed by atoms with Crippen molar-refractivity contribution in [2.24, 2.45) is 0 Å². The van der Waals surface area contributed by atoms with Crippen molar-refractivity contribution in [2.75, 3.05) is 6.61 Å². The maximum absolute atomic E-state index is 11.8. The van der Waals surface area contributed by atoms with Crippen molar-refractivity contribution in [3.8, 4) is 5.75 Å². The average molecular weight is 329 g/mol. The van der Waals surface area contributed by atoms with Gasteiger partial charge in [-0.15, -0.1) is 11.3 Å². The maximum Gasteiger partial charge on any atom is 0.220 e. The fourth-order valence-corrected chi connectivity index (χ4v) is 2.99. The van der Waals surface area contributed by atoms with E-state index in [1.165, 1.54) is 5.56 Å². The molecule has 0 radical (unpaired) electrons. The molecule has 0 unspecified atom stereocenters. The number of nitrogens with zero attached hydrogens (tertiary/aromatic N) is 2. The summed E-state index contributed by atoms with van der Waals surface area (Å²) >= 11 is 1.58. The first-order valence-electron chi connectivity index (χ1n) is 7.58. The van der Waals surface area contributed by atoms with Gasteiger partial charge in [-0.2, -0.15) is 0 Å². The molecule has 0 fully saturated rings. The molecule has 6 heteroatoms. The summed E-state index contributed by atoms with van der Waals surface area (Å²) in [5, 5.41) is 4.88. The van der Waals surface area contributed by atoms with Crippen LogP contribution < -0.4 is 10.1 Å². The van der Waals surface area contributed by atoms with Gasteiger partial charge in [-0.05, 0) is 31.0 Å². The minimum absolute atomic E-state index is 0.0224. The summed E-state index contributed by atoms with van der Waals surface area (Å²) in [6.07, 6.45) is 5.04. The normalized spacial score (nSPS) is 10.8. The van der Waals surface area contributed by atoms with E-state index in [1.807, 2.05) is 53.4 Å². The fourth-order valence-electron chi connectivity index (χ4n) is 2.27. The molecule has 0 aliphatic rings. The lowest BCUT2D eigenvalue weighted by atomic mass is 10.2. The Bertz CT molecular complexity index is 765. The SMILES string of the molecule is Cc1cccc(OCCCC(=O)NCc2cn3ccsc3n2)c1. The predicted molar refractivity (Wildman–Crippen MR) is 90.8 cm³/mol. The molecule has 2 heterocycles. The first-order valence-corrected chi connectivity index (χ1v) is 8.46. The van der Waals surface area contributed by atoms with E-state index in [0.717, 1.165) is 16.4 Å². The zero-order valence-corrected chi connectivity index (χ0v) is 13.8. The summed E-state index contributed by atoms with van der Waals surface area (Å²) in [5.41, 5.74) is 2.04. The number of aromatic nitrogens is 2.